The van der Waals surface area contributed by atoms with Gasteiger partial charge in [-0.05, 0) is 35.0 Å². The van der Waals surface area contributed by atoms with Crippen molar-refractivity contribution < 1.29 is 0 Å². The number of nitrogens with zero attached hydrogens (tertiary/aromatic N) is 1. The lowest BCUT2D eigenvalue weighted by atomic mass is 10.2. The summed E-state index contributed by atoms with van der Waals surface area (Å²) in [7, 11) is 0. The first-order valence-corrected chi connectivity index (χ1v) is 7.00. The quantitative estimate of drug-likeness (QED) is 0.892. The summed E-state index contributed by atoms with van der Waals surface area (Å²) in [4.78, 5) is 2.53. The fraction of sp³-hybridized carbons (Fsp3) is 0.538. The van der Waals surface area contributed by atoms with Crippen LogP contribution < -0.4 is 10.6 Å². The normalized spacial score (nSPS) is 18.9. The van der Waals surface area contributed by atoms with E-state index >= 15 is 0 Å². The molecule has 0 radical (unpaired) electrons. The molecule has 0 bridgehead atoms. The van der Waals surface area contributed by atoms with E-state index in [4.69, 9.17) is 0 Å². The van der Waals surface area contributed by atoms with Gasteiger partial charge in [0.1, 0.15) is 0 Å². The molecule has 0 amide bonds. The minimum Gasteiger partial charge on any atom is -0.383 e. The molecule has 1 aromatic carbocycles. The number of piperazine rings is 1. The van der Waals surface area contributed by atoms with Crippen molar-refractivity contribution in [1.29, 1.82) is 0 Å². The third-order valence-electron chi connectivity index (χ3n) is 3.24. The summed E-state index contributed by atoms with van der Waals surface area (Å²) in [5, 5.41) is 6.88. The zero-order valence-corrected chi connectivity index (χ0v) is 11.8. The summed E-state index contributed by atoms with van der Waals surface area (Å²) in [6, 6.07) is 8.84. The van der Waals surface area contributed by atoms with Crippen LogP contribution in [0.4, 0.5) is 5.69 Å². The molecule has 1 heterocycles. The van der Waals surface area contributed by atoms with E-state index in [1.165, 1.54) is 5.69 Å². The molecular formula is C13H20BrN3. The number of halogens is 1. The molecule has 17 heavy (non-hydrogen) atoms. The second-order valence-corrected chi connectivity index (χ2v) is 5.35. The highest BCUT2D eigenvalue weighted by Crippen LogP contribution is 2.21. The Morgan fingerprint density at radius 1 is 1.35 bits per heavy atom. The Kier molecular flexibility index (Phi) is 4.83. The molecule has 1 unspecified atom stereocenters. The molecule has 0 aliphatic carbocycles. The summed E-state index contributed by atoms with van der Waals surface area (Å²) in [5.41, 5.74) is 1.18. The van der Waals surface area contributed by atoms with E-state index in [1.54, 1.807) is 0 Å². The van der Waals surface area contributed by atoms with E-state index in [0.29, 0.717) is 6.04 Å². The number of anilines is 1. The molecule has 1 fully saturated rings. The highest BCUT2D eigenvalue weighted by molar-refractivity contribution is 9.10. The molecule has 2 rings (SSSR count). The van der Waals surface area contributed by atoms with Crippen LogP contribution in [0.25, 0.3) is 0 Å². The minimum atomic E-state index is 0.573. The number of rotatable bonds is 4. The molecule has 94 valence electrons. The summed E-state index contributed by atoms with van der Waals surface area (Å²) in [5.74, 6) is 0. The summed E-state index contributed by atoms with van der Waals surface area (Å²) in [6.45, 7) is 7.80. The van der Waals surface area contributed by atoms with Crippen LogP contribution in [0.5, 0.6) is 0 Å². The van der Waals surface area contributed by atoms with Crippen molar-refractivity contribution in [2.45, 2.75) is 13.0 Å². The molecule has 1 aliphatic heterocycles. The predicted octanol–water partition coefficient (Wildman–Crippen LogP) is 2.15. The van der Waals surface area contributed by atoms with Gasteiger partial charge in [0.05, 0.1) is 0 Å². The fourth-order valence-corrected chi connectivity index (χ4v) is 2.54. The van der Waals surface area contributed by atoms with Gasteiger partial charge in [-0.3, -0.25) is 4.90 Å². The molecule has 4 heteroatoms. The molecular weight excluding hydrogens is 278 g/mol. The second-order valence-electron chi connectivity index (χ2n) is 4.50. The van der Waals surface area contributed by atoms with E-state index in [2.05, 4.69) is 56.6 Å². The highest BCUT2D eigenvalue weighted by Gasteiger charge is 2.15. The molecule has 0 aromatic heterocycles. The molecule has 0 saturated carbocycles. The van der Waals surface area contributed by atoms with Gasteiger partial charge >= 0.3 is 0 Å². The number of hydrogen-bond acceptors (Lipinski definition) is 3. The average Bonchev–Trinajstić information content (AvgIpc) is 2.38. The average molecular weight is 298 g/mol. The standard InChI is InChI=1S/C13H20BrN3/c1-11(17-8-6-15-7-9-17)10-16-13-5-3-2-4-12(13)14/h2-5,11,15-16H,6-10H2,1H3. The van der Waals surface area contributed by atoms with Crippen LogP contribution in [-0.2, 0) is 0 Å². The van der Waals surface area contributed by atoms with Crippen LogP contribution in [0.3, 0.4) is 0 Å². The Morgan fingerprint density at radius 2 is 2.06 bits per heavy atom. The smallest absolute Gasteiger partial charge is 0.0485 e. The van der Waals surface area contributed by atoms with Gasteiger partial charge in [-0.2, -0.15) is 0 Å². The molecule has 1 saturated heterocycles. The monoisotopic (exact) mass is 297 g/mol. The number of para-hydroxylation sites is 1. The Labute approximate surface area is 112 Å². The number of nitrogens with one attached hydrogen (secondary N) is 2. The topological polar surface area (TPSA) is 27.3 Å². The Hall–Kier alpha value is -0.580. The lowest BCUT2D eigenvalue weighted by Crippen LogP contribution is -2.49. The van der Waals surface area contributed by atoms with Crippen LogP contribution in [0.1, 0.15) is 6.92 Å². The number of benzene rings is 1. The maximum atomic E-state index is 3.56. The van der Waals surface area contributed by atoms with Gasteiger partial charge in [-0.15, -0.1) is 0 Å². The Balaban J connectivity index is 1.83. The van der Waals surface area contributed by atoms with E-state index in [9.17, 15) is 0 Å². The molecule has 2 N–H and O–H groups in total. The zero-order chi connectivity index (χ0) is 12.1. The molecule has 1 atom stereocenters. The first-order chi connectivity index (χ1) is 8.27. The molecule has 1 aromatic rings. The maximum absolute atomic E-state index is 3.56. The third kappa shape index (κ3) is 3.69. The van der Waals surface area contributed by atoms with Gasteiger partial charge in [0.15, 0.2) is 0 Å². The largest absolute Gasteiger partial charge is 0.383 e. The zero-order valence-electron chi connectivity index (χ0n) is 10.2. The maximum Gasteiger partial charge on any atom is 0.0485 e. The first kappa shape index (κ1) is 12.9. The summed E-state index contributed by atoms with van der Waals surface area (Å²) in [6.07, 6.45) is 0. The van der Waals surface area contributed by atoms with E-state index in [1.807, 2.05) is 6.07 Å². The minimum absolute atomic E-state index is 0.573. The third-order valence-corrected chi connectivity index (χ3v) is 3.93. The Bertz CT molecular complexity index is 350. The van der Waals surface area contributed by atoms with Crippen molar-refractivity contribution in [3.05, 3.63) is 28.7 Å². The first-order valence-electron chi connectivity index (χ1n) is 6.20. The predicted molar refractivity (Wildman–Crippen MR) is 76.5 cm³/mol. The van der Waals surface area contributed by atoms with Gasteiger partial charge in [0, 0.05) is 48.9 Å². The van der Waals surface area contributed by atoms with Crippen LogP contribution in [-0.4, -0.2) is 43.7 Å². The highest BCUT2D eigenvalue weighted by atomic mass is 79.9. The molecule has 3 nitrogen and oxygen atoms in total. The lowest BCUT2D eigenvalue weighted by Gasteiger charge is -2.33. The van der Waals surface area contributed by atoms with Crippen molar-refractivity contribution in [2.75, 3.05) is 38.0 Å². The lowest BCUT2D eigenvalue weighted by molar-refractivity contribution is 0.191. The fourth-order valence-electron chi connectivity index (χ4n) is 2.11. The van der Waals surface area contributed by atoms with Crippen LogP contribution >= 0.6 is 15.9 Å². The van der Waals surface area contributed by atoms with Gasteiger partial charge in [-0.25, -0.2) is 0 Å². The second kappa shape index (κ2) is 6.38. The van der Waals surface area contributed by atoms with Gasteiger partial charge in [0.25, 0.3) is 0 Å². The van der Waals surface area contributed by atoms with E-state index < -0.39 is 0 Å². The van der Waals surface area contributed by atoms with Crippen LogP contribution in [0.15, 0.2) is 28.7 Å². The van der Waals surface area contributed by atoms with Crippen molar-refractivity contribution >= 4 is 21.6 Å². The SMILES string of the molecule is CC(CNc1ccccc1Br)N1CCNCC1. The molecule has 1 aliphatic rings. The van der Waals surface area contributed by atoms with Gasteiger partial charge in [-0.1, -0.05) is 12.1 Å². The van der Waals surface area contributed by atoms with Gasteiger partial charge in [0.2, 0.25) is 0 Å². The van der Waals surface area contributed by atoms with Gasteiger partial charge < -0.3 is 10.6 Å². The van der Waals surface area contributed by atoms with Crippen molar-refractivity contribution in [2.24, 2.45) is 0 Å². The van der Waals surface area contributed by atoms with Crippen LogP contribution in [0.2, 0.25) is 0 Å². The van der Waals surface area contributed by atoms with E-state index in [0.717, 1.165) is 37.2 Å². The summed E-state index contributed by atoms with van der Waals surface area (Å²) < 4.78 is 1.13. The Morgan fingerprint density at radius 3 is 2.76 bits per heavy atom. The van der Waals surface area contributed by atoms with Crippen molar-refractivity contribution in [3.63, 3.8) is 0 Å². The van der Waals surface area contributed by atoms with E-state index in [-0.39, 0.29) is 0 Å². The van der Waals surface area contributed by atoms with Crippen molar-refractivity contribution in [1.82, 2.24) is 10.2 Å². The summed E-state index contributed by atoms with van der Waals surface area (Å²) >= 11 is 3.56. The van der Waals surface area contributed by atoms with Crippen LogP contribution in [0, 0.1) is 0 Å². The molecule has 0 spiro atoms. The number of hydrogen-bond donors (Lipinski definition) is 2. The van der Waals surface area contributed by atoms with Crippen molar-refractivity contribution in [3.8, 4) is 0 Å².